The van der Waals surface area contributed by atoms with Crippen molar-refractivity contribution in [2.24, 2.45) is 4.99 Å². The minimum atomic E-state index is 0. The highest BCUT2D eigenvalue weighted by atomic mass is 127. The maximum Gasteiger partial charge on any atom is 0.192 e. The van der Waals surface area contributed by atoms with E-state index < -0.39 is 0 Å². The highest BCUT2D eigenvalue weighted by molar-refractivity contribution is 14.0. The van der Waals surface area contributed by atoms with E-state index in [1.807, 2.05) is 12.3 Å². The number of hydrogen-bond donors (Lipinski definition) is 2. The largest absolute Gasteiger partial charge is 0.375 e. The molecule has 2 heterocycles. The maximum atomic E-state index is 5.60. The van der Waals surface area contributed by atoms with E-state index in [0.29, 0.717) is 6.54 Å². The Balaban J connectivity index is 0.00000300. The summed E-state index contributed by atoms with van der Waals surface area (Å²) in [5, 5.41) is 6.79. The molecule has 2 aromatic rings. The first kappa shape index (κ1) is 23.4. The van der Waals surface area contributed by atoms with Gasteiger partial charge in [0.05, 0.1) is 25.3 Å². The molecule has 1 aromatic carbocycles. The van der Waals surface area contributed by atoms with Gasteiger partial charge in [-0.05, 0) is 38.0 Å². The standard InChI is InChI=1S/C22H31N5O.HI/c1-4-23-22(26-18(3)20-8-6-5-7-9-20)25-15-19-10-11-21(24-14-19)27-12-13-28-17(2)16-27;/h5-11,14,17-18H,4,12-13,15-16H2,1-3H3,(H2,23,25,26);1H. The number of aliphatic imine (C=N–C) groups is 1. The van der Waals surface area contributed by atoms with Gasteiger partial charge in [0.1, 0.15) is 5.82 Å². The second kappa shape index (κ2) is 12.0. The molecule has 2 unspecified atom stereocenters. The lowest BCUT2D eigenvalue weighted by molar-refractivity contribution is 0.0529. The Labute approximate surface area is 191 Å². The number of nitrogens with zero attached hydrogens (tertiary/aromatic N) is 3. The van der Waals surface area contributed by atoms with Crippen LogP contribution in [0.3, 0.4) is 0 Å². The van der Waals surface area contributed by atoms with Crippen molar-refractivity contribution in [3.05, 3.63) is 59.8 Å². The number of aromatic nitrogens is 1. The minimum absolute atomic E-state index is 0. The van der Waals surface area contributed by atoms with Crippen molar-refractivity contribution in [1.82, 2.24) is 15.6 Å². The van der Waals surface area contributed by atoms with Crippen LogP contribution in [0.1, 0.15) is 37.9 Å². The molecule has 1 saturated heterocycles. The lowest BCUT2D eigenvalue weighted by atomic mass is 10.1. The van der Waals surface area contributed by atoms with E-state index in [2.05, 4.69) is 77.7 Å². The van der Waals surface area contributed by atoms with Gasteiger partial charge in [0.2, 0.25) is 0 Å². The van der Waals surface area contributed by atoms with Crippen molar-refractivity contribution >= 4 is 35.8 Å². The Hall–Kier alpha value is -1.87. The highest BCUT2D eigenvalue weighted by Gasteiger charge is 2.17. The van der Waals surface area contributed by atoms with Crippen LogP contribution in [-0.2, 0) is 11.3 Å². The molecule has 6 nitrogen and oxygen atoms in total. The molecule has 1 aliphatic heterocycles. The van der Waals surface area contributed by atoms with E-state index in [1.54, 1.807) is 0 Å². The molecule has 7 heteroatoms. The number of nitrogens with one attached hydrogen (secondary N) is 2. The second-order valence-corrected chi connectivity index (χ2v) is 7.12. The normalized spacial score (nSPS) is 18.0. The zero-order valence-electron chi connectivity index (χ0n) is 17.5. The van der Waals surface area contributed by atoms with Crippen molar-refractivity contribution in [3.63, 3.8) is 0 Å². The van der Waals surface area contributed by atoms with E-state index in [1.165, 1.54) is 5.56 Å². The summed E-state index contributed by atoms with van der Waals surface area (Å²) in [5.41, 5.74) is 2.33. The molecule has 0 spiro atoms. The Kier molecular flexibility index (Phi) is 9.66. The monoisotopic (exact) mass is 509 g/mol. The second-order valence-electron chi connectivity index (χ2n) is 7.12. The average Bonchev–Trinajstić information content (AvgIpc) is 2.73. The van der Waals surface area contributed by atoms with Crippen LogP contribution in [0.25, 0.3) is 0 Å². The van der Waals surface area contributed by atoms with Crippen LogP contribution in [0.15, 0.2) is 53.7 Å². The van der Waals surface area contributed by atoms with Crippen molar-refractivity contribution in [2.45, 2.75) is 39.5 Å². The zero-order chi connectivity index (χ0) is 19.8. The summed E-state index contributed by atoms with van der Waals surface area (Å²) in [7, 11) is 0. The number of guanidine groups is 1. The van der Waals surface area contributed by atoms with Crippen LogP contribution in [0.5, 0.6) is 0 Å². The quantitative estimate of drug-likeness (QED) is 0.353. The summed E-state index contributed by atoms with van der Waals surface area (Å²) in [6.45, 7) is 10.2. The van der Waals surface area contributed by atoms with Gasteiger partial charge in [-0.25, -0.2) is 9.98 Å². The van der Waals surface area contributed by atoms with E-state index in [9.17, 15) is 0 Å². The van der Waals surface area contributed by atoms with Crippen LogP contribution < -0.4 is 15.5 Å². The van der Waals surface area contributed by atoms with Crippen molar-refractivity contribution in [1.29, 1.82) is 0 Å². The maximum absolute atomic E-state index is 5.60. The zero-order valence-corrected chi connectivity index (χ0v) is 19.8. The first-order valence-corrected chi connectivity index (χ1v) is 10.1. The van der Waals surface area contributed by atoms with Gasteiger partial charge in [0.25, 0.3) is 0 Å². The molecule has 0 bridgehead atoms. The van der Waals surface area contributed by atoms with E-state index in [4.69, 9.17) is 9.73 Å². The van der Waals surface area contributed by atoms with Crippen LogP contribution in [-0.4, -0.2) is 43.3 Å². The Morgan fingerprint density at radius 3 is 2.72 bits per heavy atom. The summed E-state index contributed by atoms with van der Waals surface area (Å²) >= 11 is 0. The third-order valence-electron chi connectivity index (χ3n) is 4.79. The number of rotatable bonds is 6. The molecule has 2 atom stereocenters. The summed E-state index contributed by atoms with van der Waals surface area (Å²) in [6, 6.07) is 14.8. The number of morpholine rings is 1. The number of halogens is 1. The molecule has 0 saturated carbocycles. The molecule has 0 amide bonds. The fraction of sp³-hybridized carbons (Fsp3) is 0.455. The summed E-state index contributed by atoms with van der Waals surface area (Å²) in [4.78, 5) is 11.6. The molecular formula is C22H32IN5O. The summed E-state index contributed by atoms with van der Waals surface area (Å²) in [6.07, 6.45) is 2.17. The topological polar surface area (TPSA) is 61.8 Å². The molecule has 2 N–H and O–H groups in total. The fourth-order valence-electron chi connectivity index (χ4n) is 3.24. The SMILES string of the molecule is CCNC(=NCc1ccc(N2CCOC(C)C2)nc1)NC(C)c1ccccc1.I. The molecule has 1 aliphatic rings. The van der Waals surface area contributed by atoms with E-state index in [0.717, 1.165) is 43.6 Å². The molecule has 1 fully saturated rings. The van der Waals surface area contributed by atoms with Crippen LogP contribution in [0.4, 0.5) is 5.82 Å². The first-order chi connectivity index (χ1) is 13.7. The predicted octanol–water partition coefficient (Wildman–Crippen LogP) is 3.74. The molecular weight excluding hydrogens is 477 g/mol. The Morgan fingerprint density at radius 2 is 2.07 bits per heavy atom. The Bertz CT molecular complexity index is 754. The summed E-state index contributed by atoms with van der Waals surface area (Å²) < 4.78 is 5.60. The van der Waals surface area contributed by atoms with Crippen LogP contribution in [0, 0.1) is 0 Å². The number of hydrogen-bond acceptors (Lipinski definition) is 4. The van der Waals surface area contributed by atoms with Gasteiger partial charge in [-0.1, -0.05) is 36.4 Å². The van der Waals surface area contributed by atoms with Crippen molar-refractivity contribution in [3.8, 4) is 0 Å². The van der Waals surface area contributed by atoms with Gasteiger partial charge >= 0.3 is 0 Å². The molecule has 0 aliphatic carbocycles. The molecule has 1 aromatic heterocycles. The Morgan fingerprint density at radius 1 is 1.28 bits per heavy atom. The fourth-order valence-corrected chi connectivity index (χ4v) is 3.24. The van der Waals surface area contributed by atoms with E-state index in [-0.39, 0.29) is 36.1 Å². The van der Waals surface area contributed by atoms with Gasteiger partial charge in [-0.3, -0.25) is 0 Å². The first-order valence-electron chi connectivity index (χ1n) is 10.1. The highest BCUT2D eigenvalue weighted by Crippen LogP contribution is 2.16. The van der Waals surface area contributed by atoms with E-state index >= 15 is 0 Å². The predicted molar refractivity (Wildman–Crippen MR) is 130 cm³/mol. The van der Waals surface area contributed by atoms with Gasteiger partial charge < -0.3 is 20.3 Å². The van der Waals surface area contributed by atoms with Crippen LogP contribution >= 0.6 is 24.0 Å². The summed E-state index contributed by atoms with van der Waals surface area (Å²) in [5.74, 6) is 1.82. The van der Waals surface area contributed by atoms with Crippen molar-refractivity contribution < 1.29 is 4.74 Å². The van der Waals surface area contributed by atoms with Gasteiger partial charge in [-0.2, -0.15) is 0 Å². The number of anilines is 1. The smallest absolute Gasteiger partial charge is 0.192 e. The number of ether oxygens (including phenoxy) is 1. The average molecular weight is 509 g/mol. The lowest BCUT2D eigenvalue weighted by Crippen LogP contribution is -2.41. The van der Waals surface area contributed by atoms with Gasteiger partial charge in [0.15, 0.2) is 5.96 Å². The van der Waals surface area contributed by atoms with Crippen LogP contribution in [0.2, 0.25) is 0 Å². The molecule has 3 rings (SSSR count). The van der Waals surface area contributed by atoms with Gasteiger partial charge in [0, 0.05) is 25.8 Å². The molecule has 29 heavy (non-hydrogen) atoms. The third-order valence-corrected chi connectivity index (χ3v) is 4.79. The molecule has 158 valence electrons. The van der Waals surface area contributed by atoms with Gasteiger partial charge in [-0.15, -0.1) is 24.0 Å². The lowest BCUT2D eigenvalue weighted by Gasteiger charge is -2.32. The molecule has 0 radical (unpaired) electrons. The minimum Gasteiger partial charge on any atom is -0.375 e. The van der Waals surface area contributed by atoms with Crippen molar-refractivity contribution in [2.75, 3.05) is 31.1 Å². The number of benzene rings is 1. The third kappa shape index (κ3) is 7.15. The number of pyridine rings is 1.